The predicted molar refractivity (Wildman–Crippen MR) is 194 cm³/mol. The van der Waals surface area contributed by atoms with Gasteiger partial charge in [-0.3, -0.25) is 0 Å². The standard InChI is InChI=1S/3C12H25.C5H5.Pt/c3*1-3-5-7-9-11-12-10-8-6-4-2;1-2-4-5-3-1;/h3*1,3-12H2,2H3;1-5H;/q4*-1;+4. The van der Waals surface area contributed by atoms with E-state index >= 15 is 0 Å². The summed E-state index contributed by atoms with van der Waals surface area (Å²) in [4.78, 5) is 0. The molecule has 0 unspecified atom stereocenters. The normalized spacial score (nSPS) is 9.95. The first-order valence-corrected chi connectivity index (χ1v) is 18.8. The second-order valence-electron chi connectivity index (χ2n) is 12.0. The van der Waals surface area contributed by atoms with Crippen molar-refractivity contribution in [2.45, 2.75) is 213 Å². The van der Waals surface area contributed by atoms with Gasteiger partial charge in [-0.25, -0.2) is 12.1 Å². The van der Waals surface area contributed by atoms with Gasteiger partial charge in [-0.05, 0) is 0 Å². The second-order valence-corrected chi connectivity index (χ2v) is 12.0. The first-order valence-electron chi connectivity index (χ1n) is 18.8. The molecular weight excluding hydrogens is 688 g/mol. The second kappa shape index (κ2) is 53.6. The van der Waals surface area contributed by atoms with Crippen LogP contribution in [0.2, 0.25) is 0 Å². The van der Waals surface area contributed by atoms with E-state index < -0.39 is 0 Å². The van der Waals surface area contributed by atoms with Gasteiger partial charge >= 0.3 is 21.1 Å². The Hall–Kier alpha value is 0.0383. The van der Waals surface area contributed by atoms with Crippen LogP contribution in [-0.2, 0) is 21.1 Å². The quantitative estimate of drug-likeness (QED) is 0.0618. The van der Waals surface area contributed by atoms with Crippen molar-refractivity contribution in [2.24, 2.45) is 0 Å². The molecule has 1 heteroatoms. The molecule has 0 aliphatic rings. The van der Waals surface area contributed by atoms with Crippen molar-refractivity contribution in [1.82, 2.24) is 0 Å². The molecule has 1 aromatic rings. The predicted octanol–water partition coefficient (Wildman–Crippen LogP) is 15.6. The average Bonchev–Trinajstić information content (AvgIpc) is 3.59. The van der Waals surface area contributed by atoms with Crippen LogP contribution in [0.1, 0.15) is 213 Å². The van der Waals surface area contributed by atoms with E-state index in [9.17, 15) is 0 Å². The first kappa shape index (κ1) is 48.9. The Kier molecular flexibility index (Phi) is 62.4. The molecule has 0 heterocycles. The number of rotatable bonds is 27. The number of hydrogen-bond acceptors (Lipinski definition) is 0. The first-order chi connectivity index (χ1) is 20.2. The maximum absolute atomic E-state index is 3.84. The third-order valence-electron chi connectivity index (χ3n) is 7.62. The molecule has 0 saturated carbocycles. The summed E-state index contributed by atoms with van der Waals surface area (Å²) in [7, 11) is 0. The summed E-state index contributed by atoms with van der Waals surface area (Å²) in [5.41, 5.74) is 0. The van der Waals surface area contributed by atoms with Gasteiger partial charge in [-0.15, -0.1) is 0 Å². The van der Waals surface area contributed by atoms with Gasteiger partial charge in [0.05, 0.1) is 0 Å². The third kappa shape index (κ3) is 59.4. The van der Waals surface area contributed by atoms with Crippen LogP contribution in [0.3, 0.4) is 0 Å². The molecule has 0 amide bonds. The molecule has 0 N–H and O–H groups in total. The molecule has 0 atom stereocenters. The summed E-state index contributed by atoms with van der Waals surface area (Å²) in [6, 6.07) is 10.0. The van der Waals surface area contributed by atoms with Gasteiger partial charge in [-0.2, -0.15) is 37.5 Å². The van der Waals surface area contributed by atoms with Crippen molar-refractivity contribution in [3.05, 3.63) is 51.1 Å². The van der Waals surface area contributed by atoms with Crippen LogP contribution in [0.4, 0.5) is 0 Å². The van der Waals surface area contributed by atoms with Crippen molar-refractivity contribution in [3.63, 3.8) is 0 Å². The van der Waals surface area contributed by atoms with Crippen LogP contribution in [0.25, 0.3) is 0 Å². The van der Waals surface area contributed by atoms with E-state index in [1.54, 1.807) is 0 Å². The van der Waals surface area contributed by atoms with E-state index in [1.807, 2.05) is 30.3 Å². The molecule has 0 aliphatic carbocycles. The van der Waals surface area contributed by atoms with Crippen molar-refractivity contribution in [3.8, 4) is 0 Å². The van der Waals surface area contributed by atoms with E-state index in [1.165, 1.54) is 173 Å². The zero-order chi connectivity index (χ0) is 30.7. The Bertz CT molecular complexity index is 357. The zero-order valence-electron chi connectivity index (χ0n) is 29.5. The Morgan fingerprint density at radius 1 is 0.333 bits per heavy atom. The molecule has 0 fully saturated rings. The fourth-order valence-electron chi connectivity index (χ4n) is 4.78. The van der Waals surface area contributed by atoms with E-state index in [4.69, 9.17) is 0 Å². The molecule has 0 radical (unpaired) electrons. The molecular formula is C41H80Pt. The van der Waals surface area contributed by atoms with Crippen LogP contribution >= 0.6 is 0 Å². The van der Waals surface area contributed by atoms with Gasteiger partial charge in [0.1, 0.15) is 0 Å². The Morgan fingerprint density at radius 3 is 0.667 bits per heavy atom. The monoisotopic (exact) mass is 768 g/mol. The van der Waals surface area contributed by atoms with Crippen molar-refractivity contribution in [1.29, 1.82) is 0 Å². The Balaban J connectivity index is -0.000000235. The molecule has 1 aromatic carbocycles. The molecule has 42 heavy (non-hydrogen) atoms. The summed E-state index contributed by atoms with van der Waals surface area (Å²) >= 11 is 0. The Labute approximate surface area is 284 Å². The fraction of sp³-hybridized carbons (Fsp3) is 0.805. The molecule has 254 valence electrons. The minimum atomic E-state index is 0. The summed E-state index contributed by atoms with van der Waals surface area (Å²) in [5.74, 6) is 0. The zero-order valence-corrected chi connectivity index (χ0v) is 31.8. The SMILES string of the molecule is [CH2-]CCCCCCCCCCC.[CH2-]CCCCCCCCCCC.[CH2-]CCCCCCCCCCC.[Pt+4].c1cc[cH-]c1. The maximum Gasteiger partial charge on any atom is 4.00 e. The summed E-state index contributed by atoms with van der Waals surface area (Å²) < 4.78 is 0. The van der Waals surface area contributed by atoms with Gasteiger partial charge in [-0.1, -0.05) is 194 Å². The number of hydrogen-bond donors (Lipinski definition) is 0. The van der Waals surface area contributed by atoms with Gasteiger partial charge in [0.25, 0.3) is 0 Å². The van der Waals surface area contributed by atoms with Crippen LogP contribution < -0.4 is 0 Å². The molecule has 0 aromatic heterocycles. The topological polar surface area (TPSA) is 0 Å². The van der Waals surface area contributed by atoms with Crippen LogP contribution in [-0.4, -0.2) is 0 Å². The molecule has 0 aliphatic heterocycles. The largest absolute Gasteiger partial charge is 4.00 e. The van der Waals surface area contributed by atoms with Crippen LogP contribution in [0.5, 0.6) is 0 Å². The maximum atomic E-state index is 3.84. The number of unbranched alkanes of at least 4 members (excludes halogenated alkanes) is 27. The van der Waals surface area contributed by atoms with Gasteiger partial charge < -0.3 is 20.8 Å². The molecule has 0 bridgehead atoms. The van der Waals surface area contributed by atoms with Gasteiger partial charge in [0, 0.05) is 0 Å². The molecule has 1 rings (SSSR count). The van der Waals surface area contributed by atoms with Gasteiger partial charge in [0.15, 0.2) is 0 Å². The molecule has 0 saturated heterocycles. The van der Waals surface area contributed by atoms with Crippen molar-refractivity contribution in [2.75, 3.05) is 0 Å². The minimum Gasteiger partial charge on any atom is -0.343 e. The summed E-state index contributed by atoms with van der Waals surface area (Å²) in [6.45, 7) is 18.3. The van der Waals surface area contributed by atoms with E-state index in [-0.39, 0.29) is 21.1 Å². The van der Waals surface area contributed by atoms with E-state index in [2.05, 4.69) is 41.5 Å². The molecule has 0 nitrogen and oxygen atoms in total. The summed E-state index contributed by atoms with van der Waals surface area (Å²) in [6.07, 6.45) is 41.7. The Morgan fingerprint density at radius 2 is 0.524 bits per heavy atom. The molecule has 0 spiro atoms. The van der Waals surface area contributed by atoms with E-state index in [0.717, 1.165) is 19.3 Å². The summed E-state index contributed by atoms with van der Waals surface area (Å²) in [5, 5.41) is 0. The smallest absolute Gasteiger partial charge is 0.343 e. The van der Waals surface area contributed by atoms with E-state index in [0.29, 0.717) is 0 Å². The van der Waals surface area contributed by atoms with Crippen molar-refractivity contribution >= 4 is 0 Å². The van der Waals surface area contributed by atoms with Gasteiger partial charge in [0.2, 0.25) is 0 Å². The van der Waals surface area contributed by atoms with Crippen LogP contribution in [0, 0.1) is 20.8 Å². The van der Waals surface area contributed by atoms with Crippen molar-refractivity contribution < 1.29 is 21.1 Å². The van der Waals surface area contributed by atoms with Crippen LogP contribution in [0.15, 0.2) is 30.3 Å². The third-order valence-corrected chi connectivity index (χ3v) is 7.62. The minimum absolute atomic E-state index is 0. The fourth-order valence-corrected chi connectivity index (χ4v) is 4.78. The average molecular weight is 768 g/mol.